The van der Waals surface area contributed by atoms with E-state index in [2.05, 4.69) is 15.9 Å². The molecule has 1 aliphatic rings. The normalized spacial score (nSPS) is 15.8. The summed E-state index contributed by atoms with van der Waals surface area (Å²) >= 11 is 3.31. The van der Waals surface area contributed by atoms with E-state index in [1.54, 1.807) is 19.1 Å². The first-order chi connectivity index (χ1) is 8.54. The molecule has 0 bridgehead atoms. The fourth-order valence-corrected chi connectivity index (χ4v) is 2.23. The molecule has 0 radical (unpaired) electrons. The highest BCUT2D eigenvalue weighted by atomic mass is 79.9. The van der Waals surface area contributed by atoms with Gasteiger partial charge in [-0.1, -0.05) is 28.1 Å². The van der Waals surface area contributed by atoms with Gasteiger partial charge in [-0.2, -0.15) is 0 Å². The van der Waals surface area contributed by atoms with E-state index in [0.29, 0.717) is 0 Å². The number of benzene rings is 1. The summed E-state index contributed by atoms with van der Waals surface area (Å²) in [6, 6.07) is 6.71. The van der Waals surface area contributed by atoms with Crippen LogP contribution in [0.4, 0.5) is 4.79 Å². The summed E-state index contributed by atoms with van der Waals surface area (Å²) in [6.07, 6.45) is 0. The van der Waals surface area contributed by atoms with Crippen molar-refractivity contribution in [3.8, 4) is 0 Å². The van der Waals surface area contributed by atoms with Gasteiger partial charge in [0.2, 0.25) is 0 Å². The fraction of sp³-hybridized carbons (Fsp3) is 0.250. The molecule has 1 aromatic carbocycles. The van der Waals surface area contributed by atoms with Crippen molar-refractivity contribution in [2.75, 3.05) is 6.54 Å². The van der Waals surface area contributed by atoms with Crippen LogP contribution in [0.15, 0.2) is 28.7 Å². The third kappa shape index (κ3) is 2.15. The molecule has 0 aromatic heterocycles. The van der Waals surface area contributed by atoms with Crippen molar-refractivity contribution < 1.29 is 14.4 Å². The number of carbonyl (C=O) groups excluding carboxylic acids is 3. The minimum atomic E-state index is -0.762. The minimum Gasteiger partial charge on any atom is -0.263 e. The van der Waals surface area contributed by atoms with E-state index in [-0.39, 0.29) is 13.1 Å². The lowest BCUT2D eigenvalue weighted by Crippen LogP contribution is -2.32. The highest BCUT2D eigenvalue weighted by Gasteiger charge is 2.43. The highest BCUT2D eigenvalue weighted by molar-refractivity contribution is 9.10. The number of hydrogen-bond donors (Lipinski definition) is 0. The number of carbonyl (C=O) groups is 3. The van der Waals surface area contributed by atoms with Gasteiger partial charge >= 0.3 is 17.8 Å². The Labute approximate surface area is 112 Å². The molecule has 0 N–H and O–H groups in total. The van der Waals surface area contributed by atoms with Gasteiger partial charge in [0.15, 0.2) is 0 Å². The van der Waals surface area contributed by atoms with Crippen molar-refractivity contribution in [3.05, 3.63) is 34.3 Å². The summed E-state index contributed by atoms with van der Waals surface area (Å²) < 4.78 is 0.859. The first-order valence-electron chi connectivity index (χ1n) is 5.46. The van der Waals surface area contributed by atoms with Gasteiger partial charge in [-0.05, 0) is 24.6 Å². The number of nitrogens with zero attached hydrogens (tertiary/aromatic N) is 2. The van der Waals surface area contributed by atoms with Crippen molar-refractivity contribution in [3.63, 3.8) is 0 Å². The van der Waals surface area contributed by atoms with Crippen molar-refractivity contribution in [1.29, 1.82) is 0 Å². The molecule has 0 aliphatic carbocycles. The van der Waals surface area contributed by atoms with Gasteiger partial charge in [-0.25, -0.2) is 4.79 Å². The summed E-state index contributed by atoms with van der Waals surface area (Å²) in [5.74, 6) is -1.51. The van der Waals surface area contributed by atoms with Crippen LogP contribution in [0.2, 0.25) is 0 Å². The molecule has 1 heterocycles. The van der Waals surface area contributed by atoms with Crippen molar-refractivity contribution in [2.45, 2.75) is 13.5 Å². The van der Waals surface area contributed by atoms with E-state index in [1.165, 1.54) is 0 Å². The van der Waals surface area contributed by atoms with E-state index in [1.807, 2.05) is 12.1 Å². The molecule has 0 atom stereocenters. The average Bonchev–Trinajstić information content (AvgIpc) is 2.53. The quantitative estimate of drug-likeness (QED) is 0.631. The molecule has 4 amide bonds. The maximum Gasteiger partial charge on any atom is 0.334 e. The Bertz CT molecular complexity index is 530. The third-order valence-corrected chi connectivity index (χ3v) is 3.17. The van der Waals surface area contributed by atoms with Crippen LogP contribution in [-0.2, 0) is 16.1 Å². The Morgan fingerprint density at radius 2 is 1.78 bits per heavy atom. The van der Waals surface area contributed by atoms with Crippen LogP contribution >= 0.6 is 15.9 Å². The van der Waals surface area contributed by atoms with Crippen molar-refractivity contribution in [1.82, 2.24) is 9.80 Å². The summed E-state index contributed by atoms with van der Waals surface area (Å²) in [5, 5.41) is 0. The number of amides is 4. The van der Waals surface area contributed by atoms with Crippen LogP contribution in [0, 0.1) is 0 Å². The first kappa shape index (κ1) is 12.8. The molecule has 0 spiro atoms. The Balaban J connectivity index is 2.22. The van der Waals surface area contributed by atoms with Crippen molar-refractivity contribution >= 4 is 33.8 Å². The predicted molar refractivity (Wildman–Crippen MR) is 67.5 cm³/mol. The smallest absolute Gasteiger partial charge is 0.263 e. The second-order valence-corrected chi connectivity index (χ2v) is 4.77. The standard InChI is InChI=1S/C12H11BrN2O3/c1-2-14-10(16)11(17)15(12(14)18)7-8-4-3-5-9(13)6-8/h3-6H,2,7H2,1H3. The van der Waals surface area contributed by atoms with Crippen molar-refractivity contribution in [2.24, 2.45) is 0 Å². The van der Waals surface area contributed by atoms with Crippen LogP contribution < -0.4 is 0 Å². The monoisotopic (exact) mass is 310 g/mol. The SMILES string of the molecule is CCN1C(=O)C(=O)N(Cc2cccc(Br)c2)C1=O. The van der Waals surface area contributed by atoms with Gasteiger partial charge in [0.05, 0.1) is 6.54 Å². The molecule has 0 saturated carbocycles. The second-order valence-electron chi connectivity index (χ2n) is 3.85. The first-order valence-corrected chi connectivity index (χ1v) is 6.25. The van der Waals surface area contributed by atoms with E-state index in [0.717, 1.165) is 19.8 Å². The van der Waals surface area contributed by atoms with Crippen LogP contribution in [0.3, 0.4) is 0 Å². The van der Waals surface area contributed by atoms with Crippen LogP contribution in [0.25, 0.3) is 0 Å². The molecular weight excluding hydrogens is 300 g/mol. The molecule has 0 unspecified atom stereocenters. The molecule has 6 heteroatoms. The Morgan fingerprint density at radius 1 is 1.11 bits per heavy atom. The Morgan fingerprint density at radius 3 is 2.33 bits per heavy atom. The third-order valence-electron chi connectivity index (χ3n) is 2.68. The molecule has 1 aromatic rings. The zero-order valence-electron chi connectivity index (χ0n) is 9.72. The topological polar surface area (TPSA) is 57.7 Å². The molecule has 5 nitrogen and oxygen atoms in total. The maximum absolute atomic E-state index is 11.8. The number of urea groups is 1. The van der Waals surface area contributed by atoms with Gasteiger partial charge in [0, 0.05) is 11.0 Å². The van der Waals surface area contributed by atoms with E-state index in [9.17, 15) is 14.4 Å². The van der Waals surface area contributed by atoms with Crippen LogP contribution in [-0.4, -0.2) is 34.2 Å². The maximum atomic E-state index is 11.8. The molecule has 94 valence electrons. The number of likely N-dealkylation sites (N-methyl/N-ethyl adjacent to an activating group) is 1. The van der Waals surface area contributed by atoms with E-state index in [4.69, 9.17) is 0 Å². The molecule has 1 saturated heterocycles. The van der Waals surface area contributed by atoms with Gasteiger partial charge in [0.25, 0.3) is 0 Å². The van der Waals surface area contributed by atoms with Gasteiger partial charge in [0.1, 0.15) is 0 Å². The summed E-state index contributed by atoms with van der Waals surface area (Å²) in [6.45, 7) is 1.98. The highest BCUT2D eigenvalue weighted by Crippen LogP contribution is 2.18. The predicted octanol–water partition coefficient (Wildman–Crippen LogP) is 1.76. The lowest BCUT2D eigenvalue weighted by Gasteiger charge is -2.14. The van der Waals surface area contributed by atoms with Crippen LogP contribution in [0.1, 0.15) is 12.5 Å². The lowest BCUT2D eigenvalue weighted by atomic mass is 10.2. The zero-order valence-corrected chi connectivity index (χ0v) is 11.3. The van der Waals surface area contributed by atoms with Gasteiger partial charge in [-0.15, -0.1) is 0 Å². The van der Waals surface area contributed by atoms with Crippen LogP contribution in [0.5, 0.6) is 0 Å². The molecule has 1 aliphatic heterocycles. The second kappa shape index (κ2) is 4.89. The molecule has 1 fully saturated rings. The average molecular weight is 311 g/mol. The zero-order chi connectivity index (χ0) is 13.3. The summed E-state index contributed by atoms with van der Waals surface area (Å²) in [5.41, 5.74) is 0.789. The molecule has 18 heavy (non-hydrogen) atoms. The van der Waals surface area contributed by atoms with E-state index >= 15 is 0 Å². The summed E-state index contributed by atoms with van der Waals surface area (Å²) in [7, 11) is 0. The fourth-order valence-electron chi connectivity index (χ4n) is 1.79. The van der Waals surface area contributed by atoms with Gasteiger partial charge < -0.3 is 0 Å². The van der Waals surface area contributed by atoms with E-state index < -0.39 is 17.8 Å². The summed E-state index contributed by atoms with van der Waals surface area (Å²) in [4.78, 5) is 37.0. The lowest BCUT2D eigenvalue weighted by molar-refractivity contribution is -0.143. The molecule has 2 rings (SSSR count). The van der Waals surface area contributed by atoms with Gasteiger partial charge in [-0.3, -0.25) is 19.4 Å². The number of hydrogen-bond acceptors (Lipinski definition) is 3. The minimum absolute atomic E-state index is 0.110. The molecular formula is C12H11BrN2O3. The number of halogens is 1. The number of rotatable bonds is 3. The number of imide groups is 2. The largest absolute Gasteiger partial charge is 0.334 e. The Kier molecular flexibility index (Phi) is 3.47. The Hall–Kier alpha value is -1.69.